The Kier molecular flexibility index (Phi) is 3.66. The first kappa shape index (κ1) is 11.5. The lowest BCUT2D eigenvalue weighted by Gasteiger charge is -2.15. The van der Waals surface area contributed by atoms with Gasteiger partial charge in [0.1, 0.15) is 11.6 Å². The second-order valence-electron chi connectivity index (χ2n) is 3.33. The first-order valence-electron chi connectivity index (χ1n) is 4.76. The van der Waals surface area contributed by atoms with E-state index in [-0.39, 0.29) is 5.82 Å². The number of carbonyl (C=O) groups is 1. The molecular weight excluding hydrogens is 197 g/mol. The third-order valence-electron chi connectivity index (χ3n) is 2.09. The minimum atomic E-state index is -0.658. The van der Waals surface area contributed by atoms with Gasteiger partial charge in [0.15, 0.2) is 6.10 Å². The smallest absolute Gasteiger partial charge is 0.258 e. The van der Waals surface area contributed by atoms with E-state index in [1.54, 1.807) is 13.8 Å². The Bertz CT molecular complexity index is 366. The van der Waals surface area contributed by atoms with E-state index in [1.807, 2.05) is 0 Å². The number of nitrogens with two attached hydrogens (primary N) is 1. The van der Waals surface area contributed by atoms with Crippen LogP contribution in [0.2, 0.25) is 0 Å². The summed E-state index contributed by atoms with van der Waals surface area (Å²) < 4.78 is 18.1. The molecule has 1 atom stereocenters. The highest BCUT2D eigenvalue weighted by molar-refractivity contribution is 5.79. The predicted octanol–water partition coefficient (Wildman–Crippen LogP) is 1.78. The van der Waals surface area contributed by atoms with Gasteiger partial charge in [-0.3, -0.25) is 4.79 Å². The summed E-state index contributed by atoms with van der Waals surface area (Å²) in [5, 5.41) is 0. The molecule has 1 rings (SSSR count). The molecule has 0 bridgehead atoms. The lowest BCUT2D eigenvalue weighted by atomic mass is 10.2. The summed E-state index contributed by atoms with van der Waals surface area (Å²) in [4.78, 5) is 10.9. The standard InChI is InChI=1S/C11H14FNO2/c1-3-9(11(13)14)15-10-5-4-8(12)6-7(10)2/h4-6,9H,3H2,1-2H3,(H2,13,14). The number of ether oxygens (including phenoxy) is 1. The monoisotopic (exact) mass is 211 g/mol. The van der Waals surface area contributed by atoms with Crippen molar-refractivity contribution in [3.8, 4) is 5.75 Å². The molecule has 0 spiro atoms. The van der Waals surface area contributed by atoms with Crippen molar-refractivity contribution in [2.24, 2.45) is 5.73 Å². The van der Waals surface area contributed by atoms with Crippen LogP contribution in [0.5, 0.6) is 5.75 Å². The summed E-state index contributed by atoms with van der Waals surface area (Å²) in [6.45, 7) is 3.51. The van der Waals surface area contributed by atoms with Crippen LogP contribution in [0, 0.1) is 12.7 Å². The van der Waals surface area contributed by atoms with Gasteiger partial charge < -0.3 is 10.5 Å². The number of benzene rings is 1. The van der Waals surface area contributed by atoms with Crippen LogP contribution < -0.4 is 10.5 Å². The van der Waals surface area contributed by atoms with Crippen LogP contribution in [0.3, 0.4) is 0 Å². The number of halogens is 1. The summed E-state index contributed by atoms with van der Waals surface area (Å²) in [5.41, 5.74) is 5.78. The van der Waals surface area contributed by atoms with Gasteiger partial charge in [0.2, 0.25) is 0 Å². The minimum Gasteiger partial charge on any atom is -0.480 e. The van der Waals surface area contributed by atoms with Gasteiger partial charge >= 0.3 is 0 Å². The van der Waals surface area contributed by atoms with Gasteiger partial charge in [-0.25, -0.2) is 4.39 Å². The SMILES string of the molecule is CCC(Oc1ccc(F)cc1C)C(N)=O. The van der Waals surface area contributed by atoms with Gasteiger partial charge in [0.25, 0.3) is 5.91 Å². The van der Waals surface area contributed by atoms with Crippen molar-refractivity contribution in [1.29, 1.82) is 0 Å². The van der Waals surface area contributed by atoms with E-state index in [2.05, 4.69) is 0 Å². The average Bonchev–Trinajstić information content (AvgIpc) is 2.16. The molecule has 1 aromatic carbocycles. The summed E-state index contributed by atoms with van der Waals surface area (Å²) in [6, 6.07) is 4.13. The molecule has 82 valence electrons. The maximum absolute atomic E-state index is 12.8. The molecule has 2 N–H and O–H groups in total. The summed E-state index contributed by atoms with van der Waals surface area (Å²) in [5.74, 6) is -0.352. The Morgan fingerprint density at radius 3 is 2.73 bits per heavy atom. The second kappa shape index (κ2) is 4.77. The second-order valence-corrected chi connectivity index (χ2v) is 3.33. The fourth-order valence-electron chi connectivity index (χ4n) is 1.24. The number of hydrogen-bond donors (Lipinski definition) is 1. The number of primary amides is 1. The Morgan fingerprint density at radius 1 is 1.60 bits per heavy atom. The van der Waals surface area contributed by atoms with Gasteiger partial charge in [-0.15, -0.1) is 0 Å². The van der Waals surface area contributed by atoms with Crippen LogP contribution >= 0.6 is 0 Å². The zero-order valence-electron chi connectivity index (χ0n) is 8.79. The van der Waals surface area contributed by atoms with Crippen molar-refractivity contribution in [3.05, 3.63) is 29.6 Å². The molecule has 0 aliphatic heterocycles. The molecule has 0 saturated carbocycles. The molecule has 0 fully saturated rings. The number of carbonyl (C=O) groups excluding carboxylic acids is 1. The summed E-state index contributed by atoms with van der Waals surface area (Å²) >= 11 is 0. The zero-order chi connectivity index (χ0) is 11.4. The van der Waals surface area contributed by atoms with Crippen molar-refractivity contribution in [2.45, 2.75) is 26.4 Å². The van der Waals surface area contributed by atoms with Gasteiger partial charge in [-0.05, 0) is 37.1 Å². The number of aryl methyl sites for hydroxylation is 1. The highest BCUT2D eigenvalue weighted by atomic mass is 19.1. The van der Waals surface area contributed by atoms with E-state index in [0.717, 1.165) is 0 Å². The van der Waals surface area contributed by atoms with Gasteiger partial charge in [0.05, 0.1) is 0 Å². The summed E-state index contributed by atoms with van der Waals surface area (Å²) in [7, 11) is 0. The summed E-state index contributed by atoms with van der Waals surface area (Å²) in [6.07, 6.45) is -0.166. The molecule has 0 aliphatic rings. The van der Waals surface area contributed by atoms with E-state index in [1.165, 1.54) is 18.2 Å². The minimum absolute atomic E-state index is 0.327. The predicted molar refractivity (Wildman–Crippen MR) is 55.0 cm³/mol. The molecule has 0 radical (unpaired) electrons. The van der Waals surface area contributed by atoms with Crippen LogP contribution in [0.25, 0.3) is 0 Å². The van der Waals surface area contributed by atoms with Crippen molar-refractivity contribution < 1.29 is 13.9 Å². The molecule has 15 heavy (non-hydrogen) atoms. The maximum Gasteiger partial charge on any atom is 0.258 e. The van der Waals surface area contributed by atoms with Crippen molar-refractivity contribution in [2.75, 3.05) is 0 Å². The van der Waals surface area contributed by atoms with E-state index < -0.39 is 12.0 Å². The average molecular weight is 211 g/mol. The number of rotatable bonds is 4. The van der Waals surface area contributed by atoms with E-state index in [4.69, 9.17) is 10.5 Å². The quantitative estimate of drug-likeness (QED) is 0.825. The largest absolute Gasteiger partial charge is 0.480 e. The van der Waals surface area contributed by atoms with E-state index in [9.17, 15) is 9.18 Å². The van der Waals surface area contributed by atoms with E-state index >= 15 is 0 Å². The van der Waals surface area contributed by atoms with E-state index in [0.29, 0.717) is 17.7 Å². The molecule has 1 amide bonds. The Balaban J connectivity index is 2.84. The van der Waals surface area contributed by atoms with Gasteiger partial charge in [-0.2, -0.15) is 0 Å². The lowest BCUT2D eigenvalue weighted by molar-refractivity contribution is -0.124. The van der Waals surface area contributed by atoms with Gasteiger partial charge in [0, 0.05) is 0 Å². The van der Waals surface area contributed by atoms with Crippen LogP contribution in [0.15, 0.2) is 18.2 Å². The number of amides is 1. The molecule has 0 saturated heterocycles. The topological polar surface area (TPSA) is 52.3 Å². The Morgan fingerprint density at radius 2 is 2.27 bits per heavy atom. The molecule has 3 nitrogen and oxygen atoms in total. The first-order valence-corrected chi connectivity index (χ1v) is 4.76. The zero-order valence-corrected chi connectivity index (χ0v) is 8.79. The van der Waals surface area contributed by atoms with Crippen molar-refractivity contribution in [1.82, 2.24) is 0 Å². The Hall–Kier alpha value is -1.58. The molecule has 1 unspecified atom stereocenters. The number of hydrogen-bond acceptors (Lipinski definition) is 2. The lowest BCUT2D eigenvalue weighted by Crippen LogP contribution is -2.33. The fourth-order valence-corrected chi connectivity index (χ4v) is 1.24. The van der Waals surface area contributed by atoms with Gasteiger partial charge in [-0.1, -0.05) is 6.92 Å². The molecule has 1 aromatic rings. The Labute approximate surface area is 88.0 Å². The normalized spacial score (nSPS) is 12.2. The third-order valence-corrected chi connectivity index (χ3v) is 2.09. The third kappa shape index (κ3) is 2.94. The molecule has 4 heteroatoms. The van der Waals surface area contributed by atoms with Crippen molar-refractivity contribution >= 4 is 5.91 Å². The van der Waals surface area contributed by atoms with Crippen LogP contribution in [-0.2, 0) is 4.79 Å². The first-order chi connectivity index (χ1) is 7.04. The van der Waals surface area contributed by atoms with Crippen molar-refractivity contribution in [3.63, 3.8) is 0 Å². The molecule has 0 aromatic heterocycles. The molecular formula is C11H14FNO2. The van der Waals surface area contributed by atoms with Crippen LogP contribution in [-0.4, -0.2) is 12.0 Å². The maximum atomic E-state index is 12.8. The highest BCUT2D eigenvalue weighted by Crippen LogP contribution is 2.20. The molecule has 0 aliphatic carbocycles. The fraction of sp³-hybridized carbons (Fsp3) is 0.364. The molecule has 0 heterocycles. The van der Waals surface area contributed by atoms with Crippen LogP contribution in [0.1, 0.15) is 18.9 Å². The highest BCUT2D eigenvalue weighted by Gasteiger charge is 2.15. The van der Waals surface area contributed by atoms with Crippen LogP contribution in [0.4, 0.5) is 4.39 Å².